The summed E-state index contributed by atoms with van der Waals surface area (Å²) in [7, 11) is 0. The van der Waals surface area contributed by atoms with E-state index in [9.17, 15) is 9.59 Å². The van der Waals surface area contributed by atoms with Crippen molar-refractivity contribution < 1.29 is 14.3 Å². The molecular formula is C18H19BrN4O3S. The van der Waals surface area contributed by atoms with Gasteiger partial charge in [-0.15, -0.1) is 11.3 Å². The van der Waals surface area contributed by atoms with Crippen LogP contribution in [-0.4, -0.2) is 61.0 Å². The van der Waals surface area contributed by atoms with Crippen LogP contribution < -0.4 is 14.5 Å². The molecule has 2 aliphatic rings. The Balaban J connectivity index is 1.44. The summed E-state index contributed by atoms with van der Waals surface area (Å²) in [6, 6.07) is 5.46. The van der Waals surface area contributed by atoms with Crippen LogP contribution in [0.4, 0.5) is 10.8 Å². The Bertz CT molecular complexity index is 845. The molecule has 0 unspecified atom stereocenters. The zero-order chi connectivity index (χ0) is 18.8. The first kappa shape index (κ1) is 18.2. The molecule has 0 saturated carbocycles. The first-order chi connectivity index (χ1) is 13.1. The lowest BCUT2D eigenvalue weighted by Crippen LogP contribution is -2.47. The molecule has 7 nitrogen and oxygen atoms in total. The van der Waals surface area contributed by atoms with Gasteiger partial charge in [0.05, 0.1) is 5.69 Å². The van der Waals surface area contributed by atoms with E-state index in [1.165, 1.54) is 4.90 Å². The van der Waals surface area contributed by atoms with Gasteiger partial charge >= 0.3 is 0 Å². The number of aromatic nitrogens is 1. The van der Waals surface area contributed by atoms with E-state index in [2.05, 4.69) is 25.8 Å². The minimum atomic E-state index is -0.197. The van der Waals surface area contributed by atoms with E-state index in [0.717, 1.165) is 29.1 Å². The summed E-state index contributed by atoms with van der Waals surface area (Å²) in [5.41, 5.74) is 0.641. The molecule has 3 heterocycles. The number of ether oxygens (including phenoxy) is 1. The highest BCUT2D eigenvalue weighted by molar-refractivity contribution is 9.10. The zero-order valence-corrected chi connectivity index (χ0v) is 17.0. The molecule has 142 valence electrons. The molecule has 1 fully saturated rings. The average molecular weight is 451 g/mol. The van der Waals surface area contributed by atoms with Crippen molar-refractivity contribution >= 4 is 49.9 Å². The third kappa shape index (κ3) is 3.93. The van der Waals surface area contributed by atoms with Gasteiger partial charge in [0.1, 0.15) is 12.3 Å². The molecule has 0 atom stereocenters. The number of fused-ring (bicyclic) bond motifs is 1. The van der Waals surface area contributed by atoms with Gasteiger partial charge in [-0.25, -0.2) is 4.98 Å². The van der Waals surface area contributed by atoms with Crippen LogP contribution in [-0.2, 0) is 9.59 Å². The Morgan fingerprint density at radius 3 is 2.96 bits per heavy atom. The fourth-order valence-electron chi connectivity index (χ4n) is 3.32. The fourth-order valence-corrected chi connectivity index (χ4v) is 4.35. The Labute approximate surface area is 169 Å². The van der Waals surface area contributed by atoms with Crippen LogP contribution in [0.3, 0.4) is 0 Å². The molecule has 0 bridgehead atoms. The summed E-state index contributed by atoms with van der Waals surface area (Å²) in [5.74, 6) is 0.375. The number of thiazole rings is 1. The van der Waals surface area contributed by atoms with Crippen molar-refractivity contribution in [3.8, 4) is 5.75 Å². The number of hydrogen-bond donors (Lipinski definition) is 0. The van der Waals surface area contributed by atoms with Gasteiger partial charge in [0.15, 0.2) is 11.7 Å². The lowest BCUT2D eigenvalue weighted by atomic mass is 10.2. The summed E-state index contributed by atoms with van der Waals surface area (Å²) in [6.45, 7) is 2.93. The maximum Gasteiger partial charge on any atom is 0.265 e. The van der Waals surface area contributed by atoms with Gasteiger partial charge in [0, 0.05) is 42.2 Å². The monoisotopic (exact) mass is 450 g/mol. The summed E-state index contributed by atoms with van der Waals surface area (Å²) in [6.07, 6.45) is 2.68. The van der Waals surface area contributed by atoms with E-state index < -0.39 is 0 Å². The van der Waals surface area contributed by atoms with Gasteiger partial charge in [-0.3, -0.25) is 14.5 Å². The second kappa shape index (κ2) is 7.85. The molecule has 0 aliphatic carbocycles. The zero-order valence-electron chi connectivity index (χ0n) is 14.6. The first-order valence-corrected chi connectivity index (χ1v) is 10.4. The highest BCUT2D eigenvalue weighted by Crippen LogP contribution is 2.34. The highest BCUT2D eigenvalue weighted by Gasteiger charge is 2.29. The molecule has 0 spiro atoms. The molecular weight excluding hydrogens is 432 g/mol. The van der Waals surface area contributed by atoms with Gasteiger partial charge in [0.2, 0.25) is 5.91 Å². The minimum Gasteiger partial charge on any atom is -0.482 e. The Morgan fingerprint density at radius 1 is 1.26 bits per heavy atom. The maximum atomic E-state index is 12.9. The van der Waals surface area contributed by atoms with Gasteiger partial charge in [-0.1, -0.05) is 15.9 Å². The van der Waals surface area contributed by atoms with Crippen LogP contribution >= 0.6 is 27.3 Å². The lowest BCUT2D eigenvalue weighted by Gasteiger charge is -2.31. The normalized spacial score (nSPS) is 17.4. The van der Waals surface area contributed by atoms with Crippen molar-refractivity contribution in [2.75, 3.05) is 49.1 Å². The quantitative estimate of drug-likeness (QED) is 0.717. The number of benzene rings is 1. The second-order valence-electron chi connectivity index (χ2n) is 6.42. The van der Waals surface area contributed by atoms with Gasteiger partial charge in [-0.05, 0) is 24.6 Å². The van der Waals surface area contributed by atoms with Crippen LogP contribution in [0.2, 0.25) is 0 Å². The Morgan fingerprint density at radius 2 is 2.15 bits per heavy atom. The van der Waals surface area contributed by atoms with Crippen molar-refractivity contribution in [2.45, 2.75) is 6.42 Å². The van der Waals surface area contributed by atoms with E-state index >= 15 is 0 Å². The number of carbonyl (C=O) groups excluding carboxylic acids is 2. The van der Waals surface area contributed by atoms with E-state index in [1.54, 1.807) is 23.6 Å². The van der Waals surface area contributed by atoms with E-state index in [4.69, 9.17) is 4.74 Å². The van der Waals surface area contributed by atoms with Crippen molar-refractivity contribution in [1.29, 1.82) is 0 Å². The Hall–Kier alpha value is -2.13. The maximum absolute atomic E-state index is 12.9. The van der Waals surface area contributed by atoms with E-state index in [0.29, 0.717) is 24.5 Å². The van der Waals surface area contributed by atoms with E-state index in [1.807, 2.05) is 22.4 Å². The number of hydrogen-bond acceptors (Lipinski definition) is 6. The van der Waals surface area contributed by atoms with Crippen molar-refractivity contribution in [2.24, 2.45) is 0 Å². The molecule has 1 aromatic carbocycles. The van der Waals surface area contributed by atoms with Crippen LogP contribution in [0, 0.1) is 0 Å². The lowest BCUT2D eigenvalue weighted by molar-refractivity contribution is -0.131. The number of carbonyl (C=O) groups is 2. The average Bonchev–Trinajstić information content (AvgIpc) is 3.08. The smallest absolute Gasteiger partial charge is 0.265 e. The standard InChI is InChI=1S/C18H19BrN4O3S/c19-13-2-3-14-15(10-13)26-12-17(25)23(14)11-16(24)21-5-1-6-22(8-7-21)18-20-4-9-27-18/h2-4,9-10H,1,5-8,11-12H2. The number of amides is 2. The number of nitrogens with zero attached hydrogens (tertiary/aromatic N) is 4. The van der Waals surface area contributed by atoms with Gasteiger partial charge in [0.25, 0.3) is 5.91 Å². The third-order valence-electron chi connectivity index (χ3n) is 4.70. The van der Waals surface area contributed by atoms with Crippen LogP contribution in [0.1, 0.15) is 6.42 Å². The second-order valence-corrected chi connectivity index (χ2v) is 8.21. The van der Waals surface area contributed by atoms with Crippen LogP contribution in [0.15, 0.2) is 34.2 Å². The van der Waals surface area contributed by atoms with Gasteiger partial charge in [-0.2, -0.15) is 0 Å². The first-order valence-electron chi connectivity index (χ1n) is 8.77. The molecule has 1 aromatic heterocycles. The van der Waals surface area contributed by atoms with Gasteiger partial charge < -0.3 is 14.5 Å². The van der Waals surface area contributed by atoms with Crippen molar-refractivity contribution in [3.63, 3.8) is 0 Å². The van der Waals surface area contributed by atoms with Crippen molar-refractivity contribution in [1.82, 2.24) is 9.88 Å². The summed E-state index contributed by atoms with van der Waals surface area (Å²) in [4.78, 5) is 35.2. The highest BCUT2D eigenvalue weighted by atomic mass is 79.9. The molecule has 27 heavy (non-hydrogen) atoms. The molecule has 0 radical (unpaired) electrons. The molecule has 2 aromatic rings. The summed E-state index contributed by atoms with van der Waals surface area (Å²) in [5, 5.41) is 2.95. The third-order valence-corrected chi connectivity index (χ3v) is 6.02. The fraction of sp³-hybridized carbons (Fsp3) is 0.389. The molecule has 9 heteroatoms. The van der Waals surface area contributed by atoms with Crippen molar-refractivity contribution in [3.05, 3.63) is 34.2 Å². The minimum absolute atomic E-state index is 0.0358. The molecule has 0 N–H and O–H groups in total. The molecule has 1 saturated heterocycles. The SMILES string of the molecule is O=C(CN1C(=O)COc2cc(Br)ccc21)N1CCCN(c2nccs2)CC1. The van der Waals surface area contributed by atoms with E-state index in [-0.39, 0.29) is 25.0 Å². The van der Waals surface area contributed by atoms with Crippen LogP contribution in [0.5, 0.6) is 5.75 Å². The summed E-state index contributed by atoms with van der Waals surface area (Å²) >= 11 is 5.01. The topological polar surface area (TPSA) is 66.0 Å². The molecule has 2 amide bonds. The molecule has 4 rings (SSSR count). The molecule has 2 aliphatic heterocycles. The Kier molecular flexibility index (Phi) is 5.31. The number of rotatable bonds is 3. The predicted molar refractivity (Wildman–Crippen MR) is 108 cm³/mol. The number of anilines is 2. The number of halogens is 1. The van der Waals surface area contributed by atoms with Crippen LogP contribution in [0.25, 0.3) is 0 Å². The largest absolute Gasteiger partial charge is 0.482 e. The predicted octanol–water partition coefficient (Wildman–Crippen LogP) is 2.37. The summed E-state index contributed by atoms with van der Waals surface area (Å²) < 4.78 is 6.36.